The van der Waals surface area contributed by atoms with Crippen molar-refractivity contribution < 1.29 is 9.47 Å². The van der Waals surface area contributed by atoms with Crippen molar-refractivity contribution in [2.24, 2.45) is 7.05 Å². The number of rotatable bonds is 3. The second-order valence-electron chi connectivity index (χ2n) is 6.78. The average molecular weight is 327 g/mol. The maximum Gasteiger partial charge on any atom is 0.165 e. The van der Waals surface area contributed by atoms with Crippen molar-refractivity contribution in [3.8, 4) is 11.5 Å². The summed E-state index contributed by atoms with van der Waals surface area (Å²) < 4.78 is 13.6. The van der Waals surface area contributed by atoms with E-state index in [-0.39, 0.29) is 0 Å². The van der Waals surface area contributed by atoms with Gasteiger partial charge in [-0.1, -0.05) is 12.1 Å². The van der Waals surface area contributed by atoms with Crippen molar-refractivity contribution in [3.05, 3.63) is 40.7 Å². The molecule has 0 N–H and O–H groups in total. The molecule has 0 amide bonds. The summed E-state index contributed by atoms with van der Waals surface area (Å²) in [4.78, 5) is 2.56. The Labute approximate surface area is 143 Å². The Morgan fingerprint density at radius 1 is 1.21 bits per heavy atom. The maximum atomic E-state index is 5.89. The van der Waals surface area contributed by atoms with Crippen LogP contribution in [0.15, 0.2) is 18.2 Å². The van der Waals surface area contributed by atoms with E-state index in [0.29, 0.717) is 19.3 Å². The molecule has 1 aromatic heterocycles. The molecule has 0 bridgehead atoms. The minimum Gasteiger partial charge on any atom is -0.486 e. The lowest BCUT2D eigenvalue weighted by Gasteiger charge is -2.27. The third kappa shape index (κ3) is 2.57. The van der Waals surface area contributed by atoms with Crippen LogP contribution < -0.4 is 9.47 Å². The fourth-order valence-electron chi connectivity index (χ4n) is 4.09. The van der Waals surface area contributed by atoms with E-state index >= 15 is 0 Å². The number of hydrogen-bond donors (Lipinski definition) is 0. The summed E-state index contributed by atoms with van der Waals surface area (Å²) in [5.74, 6) is 1.80. The van der Waals surface area contributed by atoms with Crippen molar-refractivity contribution >= 4 is 0 Å². The zero-order chi connectivity index (χ0) is 16.7. The number of likely N-dealkylation sites (tertiary alicyclic amines) is 1. The summed E-state index contributed by atoms with van der Waals surface area (Å²) in [7, 11) is 2.03. The molecule has 3 heterocycles. The molecule has 5 heteroatoms. The molecule has 0 saturated carbocycles. The van der Waals surface area contributed by atoms with Crippen LogP contribution in [0, 0.1) is 13.8 Å². The Kier molecular flexibility index (Phi) is 3.96. The predicted octanol–water partition coefficient (Wildman–Crippen LogP) is 3.15. The number of fused-ring (bicyclic) bond motifs is 1. The molecule has 0 unspecified atom stereocenters. The first-order valence-electron chi connectivity index (χ1n) is 8.77. The van der Waals surface area contributed by atoms with Crippen LogP contribution in [-0.4, -0.2) is 34.4 Å². The molecule has 1 atom stereocenters. The van der Waals surface area contributed by atoms with Crippen molar-refractivity contribution in [1.82, 2.24) is 14.7 Å². The number of aromatic nitrogens is 2. The Bertz CT molecular complexity index is 753. The normalized spacial score (nSPS) is 20.5. The largest absolute Gasteiger partial charge is 0.486 e. The highest BCUT2D eigenvalue weighted by atomic mass is 16.6. The Balaban J connectivity index is 1.63. The van der Waals surface area contributed by atoms with Gasteiger partial charge in [-0.25, -0.2) is 0 Å². The molecule has 1 aromatic carbocycles. The van der Waals surface area contributed by atoms with Crippen LogP contribution >= 0.6 is 0 Å². The minimum absolute atomic E-state index is 0.444. The summed E-state index contributed by atoms with van der Waals surface area (Å²) in [6, 6.07) is 6.66. The van der Waals surface area contributed by atoms with E-state index in [4.69, 9.17) is 9.47 Å². The number of aryl methyl sites for hydroxylation is 2. The van der Waals surface area contributed by atoms with Gasteiger partial charge in [0, 0.05) is 36.5 Å². The standard InChI is InChI=1S/C19H25N3O2/c1-13-18(14(2)21(3)20-13)16-7-5-9-22(16)12-15-6-4-8-17-19(15)24-11-10-23-17/h4,6,8,16H,5,7,9-12H2,1-3H3/t16-/m1/s1. The molecule has 2 aromatic rings. The SMILES string of the molecule is Cc1nn(C)c(C)c1[C@H]1CCCN1Cc1cccc2c1OCCO2. The summed E-state index contributed by atoms with van der Waals surface area (Å²) in [6.45, 7) is 7.58. The topological polar surface area (TPSA) is 39.5 Å². The zero-order valence-electron chi connectivity index (χ0n) is 14.7. The minimum atomic E-state index is 0.444. The molecule has 128 valence electrons. The van der Waals surface area contributed by atoms with Gasteiger partial charge in [0.15, 0.2) is 11.5 Å². The second kappa shape index (κ2) is 6.13. The number of ether oxygens (including phenoxy) is 2. The highest BCUT2D eigenvalue weighted by Crippen LogP contribution is 2.39. The lowest BCUT2D eigenvalue weighted by Crippen LogP contribution is -2.25. The number of nitrogens with zero attached hydrogens (tertiary/aromatic N) is 3. The van der Waals surface area contributed by atoms with E-state index < -0.39 is 0 Å². The van der Waals surface area contributed by atoms with Gasteiger partial charge in [-0.05, 0) is 39.3 Å². The fraction of sp³-hybridized carbons (Fsp3) is 0.526. The summed E-state index contributed by atoms with van der Waals surface area (Å²) in [5.41, 5.74) is 5.05. The van der Waals surface area contributed by atoms with Gasteiger partial charge < -0.3 is 9.47 Å². The smallest absolute Gasteiger partial charge is 0.165 e. The molecule has 24 heavy (non-hydrogen) atoms. The van der Waals surface area contributed by atoms with E-state index in [0.717, 1.165) is 30.3 Å². The number of hydrogen-bond acceptors (Lipinski definition) is 4. The monoisotopic (exact) mass is 327 g/mol. The molecule has 2 aliphatic rings. The molecule has 0 radical (unpaired) electrons. The molecule has 4 rings (SSSR count). The van der Waals surface area contributed by atoms with Crippen LogP contribution in [0.25, 0.3) is 0 Å². The third-order valence-electron chi connectivity index (χ3n) is 5.28. The van der Waals surface area contributed by atoms with Crippen molar-refractivity contribution in [2.75, 3.05) is 19.8 Å². The van der Waals surface area contributed by atoms with Gasteiger partial charge in [0.25, 0.3) is 0 Å². The van der Waals surface area contributed by atoms with Crippen LogP contribution in [0.4, 0.5) is 0 Å². The quantitative estimate of drug-likeness (QED) is 0.868. The first-order valence-corrected chi connectivity index (χ1v) is 8.77. The average Bonchev–Trinajstić information content (AvgIpc) is 3.12. The second-order valence-corrected chi connectivity index (χ2v) is 6.78. The summed E-state index contributed by atoms with van der Waals surface area (Å²) in [5, 5.41) is 4.61. The van der Waals surface area contributed by atoms with Crippen LogP contribution in [0.2, 0.25) is 0 Å². The molecular weight excluding hydrogens is 302 g/mol. The van der Waals surface area contributed by atoms with E-state index in [9.17, 15) is 0 Å². The summed E-state index contributed by atoms with van der Waals surface area (Å²) >= 11 is 0. The summed E-state index contributed by atoms with van der Waals surface area (Å²) in [6.07, 6.45) is 2.42. The Hall–Kier alpha value is -2.01. The molecule has 0 aliphatic carbocycles. The van der Waals surface area contributed by atoms with Gasteiger partial charge >= 0.3 is 0 Å². The first kappa shape index (κ1) is 15.5. The lowest BCUT2D eigenvalue weighted by atomic mass is 10.0. The lowest BCUT2D eigenvalue weighted by molar-refractivity contribution is 0.165. The van der Waals surface area contributed by atoms with E-state index in [1.807, 2.05) is 17.8 Å². The third-order valence-corrected chi connectivity index (χ3v) is 5.28. The van der Waals surface area contributed by atoms with Gasteiger partial charge in [-0.3, -0.25) is 9.58 Å². The van der Waals surface area contributed by atoms with Gasteiger partial charge in [0.1, 0.15) is 13.2 Å². The molecule has 5 nitrogen and oxygen atoms in total. The fourth-order valence-corrected chi connectivity index (χ4v) is 4.09. The first-order chi connectivity index (χ1) is 11.6. The van der Waals surface area contributed by atoms with Crippen LogP contribution in [-0.2, 0) is 13.6 Å². The van der Waals surface area contributed by atoms with Gasteiger partial charge in [-0.15, -0.1) is 0 Å². The number of para-hydroxylation sites is 1. The van der Waals surface area contributed by atoms with Gasteiger partial charge in [0.2, 0.25) is 0 Å². The predicted molar refractivity (Wildman–Crippen MR) is 92.5 cm³/mol. The zero-order valence-corrected chi connectivity index (χ0v) is 14.7. The number of benzene rings is 1. The van der Waals surface area contributed by atoms with Gasteiger partial charge in [0.05, 0.1) is 5.69 Å². The van der Waals surface area contributed by atoms with Crippen LogP contribution in [0.1, 0.15) is 41.4 Å². The van der Waals surface area contributed by atoms with E-state index in [1.54, 1.807) is 0 Å². The van der Waals surface area contributed by atoms with Crippen molar-refractivity contribution in [2.45, 2.75) is 39.3 Å². The highest BCUT2D eigenvalue weighted by Gasteiger charge is 2.31. The van der Waals surface area contributed by atoms with Crippen molar-refractivity contribution in [3.63, 3.8) is 0 Å². The molecule has 1 fully saturated rings. The molecule has 2 aliphatic heterocycles. The van der Waals surface area contributed by atoms with Crippen LogP contribution in [0.5, 0.6) is 11.5 Å². The molecule has 0 spiro atoms. The Morgan fingerprint density at radius 3 is 2.83 bits per heavy atom. The molecule has 1 saturated heterocycles. The molecular formula is C19H25N3O2. The van der Waals surface area contributed by atoms with Gasteiger partial charge in [-0.2, -0.15) is 5.10 Å². The van der Waals surface area contributed by atoms with Crippen molar-refractivity contribution in [1.29, 1.82) is 0 Å². The Morgan fingerprint density at radius 2 is 2.04 bits per heavy atom. The van der Waals surface area contributed by atoms with E-state index in [2.05, 4.69) is 36.0 Å². The van der Waals surface area contributed by atoms with E-state index in [1.165, 1.54) is 29.7 Å². The van der Waals surface area contributed by atoms with Crippen LogP contribution in [0.3, 0.4) is 0 Å². The maximum absolute atomic E-state index is 5.89. The highest BCUT2D eigenvalue weighted by molar-refractivity contribution is 5.47.